The summed E-state index contributed by atoms with van der Waals surface area (Å²) in [5, 5.41) is 0. The van der Waals surface area contributed by atoms with Crippen molar-refractivity contribution >= 4 is 10.0 Å². The molecule has 4 aliphatic carbocycles. The number of hydrogen-bond acceptors (Lipinski definition) is 3. The van der Waals surface area contributed by atoms with Crippen molar-refractivity contribution in [1.82, 2.24) is 4.72 Å². The molecule has 0 saturated heterocycles. The third-order valence-electron chi connectivity index (χ3n) is 6.90. The predicted molar refractivity (Wildman–Crippen MR) is 98.0 cm³/mol. The number of hydrogen-bond donors (Lipinski definition) is 1. The van der Waals surface area contributed by atoms with E-state index >= 15 is 0 Å². The Balaban J connectivity index is 1.57. The number of nitrogens with one attached hydrogen (secondary N) is 1. The maximum atomic E-state index is 12.9. The van der Waals surface area contributed by atoms with Crippen molar-refractivity contribution in [1.29, 1.82) is 0 Å². The molecule has 0 aliphatic heterocycles. The predicted octanol–water partition coefficient (Wildman–Crippen LogP) is 3.97. The normalized spacial score (nSPS) is 34.9. The summed E-state index contributed by atoms with van der Waals surface area (Å²) in [5.41, 5.74) is 0.184. The van der Waals surface area contributed by atoms with Crippen LogP contribution in [-0.2, 0) is 10.0 Å². The van der Waals surface area contributed by atoms with Crippen LogP contribution in [0.2, 0.25) is 0 Å². The van der Waals surface area contributed by atoms with Crippen molar-refractivity contribution in [3.63, 3.8) is 0 Å². The fraction of sp³-hybridized carbons (Fsp3) is 0.700. The molecule has 5 rings (SSSR count). The summed E-state index contributed by atoms with van der Waals surface area (Å²) >= 11 is 0. The molecule has 4 aliphatic rings. The highest BCUT2D eigenvalue weighted by atomic mass is 32.2. The van der Waals surface area contributed by atoms with E-state index in [2.05, 4.69) is 11.6 Å². The summed E-state index contributed by atoms with van der Waals surface area (Å²) in [4.78, 5) is 0.330. The van der Waals surface area contributed by atoms with Gasteiger partial charge >= 0.3 is 0 Å². The van der Waals surface area contributed by atoms with E-state index in [-0.39, 0.29) is 11.5 Å². The van der Waals surface area contributed by atoms with Gasteiger partial charge in [-0.25, -0.2) is 13.1 Å². The SMILES string of the molecule is CC[C@@H](NS(=O)(=O)c1ccc(OC)cc1)C12CC3CC(CC(C3)C1)C2. The van der Waals surface area contributed by atoms with E-state index in [4.69, 9.17) is 4.74 Å². The Hall–Kier alpha value is -1.07. The molecule has 1 atom stereocenters. The highest BCUT2D eigenvalue weighted by Gasteiger charge is 2.54. The second-order valence-corrected chi connectivity index (χ2v) is 10.3. The van der Waals surface area contributed by atoms with Crippen molar-refractivity contribution in [2.75, 3.05) is 7.11 Å². The summed E-state index contributed by atoms with van der Waals surface area (Å²) < 4.78 is 34.1. The van der Waals surface area contributed by atoms with E-state index in [9.17, 15) is 8.42 Å². The Bertz CT molecular complexity index is 691. The molecule has 5 heteroatoms. The van der Waals surface area contributed by atoms with Gasteiger partial charge in [0.25, 0.3) is 0 Å². The van der Waals surface area contributed by atoms with Crippen LogP contribution in [0.5, 0.6) is 5.75 Å². The Morgan fingerprint density at radius 1 is 1.08 bits per heavy atom. The second kappa shape index (κ2) is 6.27. The van der Waals surface area contributed by atoms with Gasteiger partial charge < -0.3 is 4.74 Å². The molecule has 25 heavy (non-hydrogen) atoms. The van der Waals surface area contributed by atoms with Gasteiger partial charge in [0, 0.05) is 6.04 Å². The average molecular weight is 364 g/mol. The first-order valence-electron chi connectivity index (χ1n) is 9.60. The lowest BCUT2D eigenvalue weighted by atomic mass is 9.47. The smallest absolute Gasteiger partial charge is 0.240 e. The third kappa shape index (κ3) is 3.10. The molecule has 138 valence electrons. The van der Waals surface area contributed by atoms with Gasteiger partial charge in [0.1, 0.15) is 5.75 Å². The monoisotopic (exact) mass is 363 g/mol. The van der Waals surface area contributed by atoms with Crippen LogP contribution in [0.15, 0.2) is 29.2 Å². The minimum atomic E-state index is -3.50. The quantitative estimate of drug-likeness (QED) is 0.832. The number of rotatable bonds is 6. The zero-order valence-corrected chi connectivity index (χ0v) is 16.0. The lowest BCUT2D eigenvalue weighted by molar-refractivity contribution is -0.0704. The molecule has 4 nitrogen and oxygen atoms in total. The maximum absolute atomic E-state index is 12.9. The average Bonchev–Trinajstić information content (AvgIpc) is 2.58. The van der Waals surface area contributed by atoms with Gasteiger partial charge in [-0.2, -0.15) is 0 Å². The van der Waals surface area contributed by atoms with Crippen LogP contribution in [-0.4, -0.2) is 21.6 Å². The molecule has 1 aromatic carbocycles. The molecule has 0 radical (unpaired) electrons. The molecule has 0 spiro atoms. The summed E-state index contributed by atoms with van der Waals surface area (Å²) in [6.45, 7) is 2.12. The summed E-state index contributed by atoms with van der Waals surface area (Å²) in [5.74, 6) is 3.15. The minimum Gasteiger partial charge on any atom is -0.497 e. The van der Waals surface area contributed by atoms with Crippen LogP contribution in [0, 0.1) is 23.2 Å². The fourth-order valence-electron chi connectivity index (χ4n) is 6.26. The number of methoxy groups -OCH3 is 1. The molecular weight excluding hydrogens is 334 g/mol. The van der Waals surface area contributed by atoms with Crippen molar-refractivity contribution in [2.45, 2.75) is 62.8 Å². The van der Waals surface area contributed by atoms with Gasteiger partial charge in [-0.05, 0) is 92.4 Å². The maximum Gasteiger partial charge on any atom is 0.240 e. The van der Waals surface area contributed by atoms with Gasteiger partial charge in [-0.3, -0.25) is 0 Å². The van der Waals surface area contributed by atoms with Crippen molar-refractivity contribution in [3.05, 3.63) is 24.3 Å². The molecule has 4 fully saturated rings. The minimum absolute atomic E-state index is 0.0491. The molecule has 1 aromatic rings. The van der Waals surface area contributed by atoms with Gasteiger partial charge in [0.2, 0.25) is 10.0 Å². The highest BCUT2D eigenvalue weighted by molar-refractivity contribution is 7.89. The lowest BCUT2D eigenvalue weighted by Crippen LogP contribution is -2.56. The molecular formula is C20H29NO3S. The van der Waals surface area contributed by atoms with E-state index in [0.29, 0.717) is 10.6 Å². The van der Waals surface area contributed by atoms with Crippen molar-refractivity contribution < 1.29 is 13.2 Å². The van der Waals surface area contributed by atoms with Gasteiger partial charge in [-0.1, -0.05) is 6.92 Å². The largest absolute Gasteiger partial charge is 0.497 e. The van der Waals surface area contributed by atoms with E-state index in [1.807, 2.05) is 0 Å². The molecule has 4 saturated carbocycles. The number of ether oxygens (including phenoxy) is 1. The van der Waals surface area contributed by atoms with Crippen LogP contribution >= 0.6 is 0 Å². The summed E-state index contributed by atoms with van der Waals surface area (Å²) in [6, 6.07) is 6.73. The lowest BCUT2D eigenvalue weighted by Gasteiger charge is -2.59. The van der Waals surface area contributed by atoms with Gasteiger partial charge in [-0.15, -0.1) is 0 Å². The van der Waals surface area contributed by atoms with Crippen LogP contribution in [0.3, 0.4) is 0 Å². The zero-order valence-electron chi connectivity index (χ0n) is 15.2. The summed E-state index contributed by atoms with van der Waals surface area (Å²) in [6.07, 6.45) is 8.62. The van der Waals surface area contributed by atoms with Crippen LogP contribution in [0.4, 0.5) is 0 Å². The number of benzene rings is 1. The molecule has 0 unspecified atom stereocenters. The zero-order chi connectivity index (χ0) is 17.7. The highest BCUT2D eigenvalue weighted by Crippen LogP contribution is 2.61. The first kappa shape index (κ1) is 17.3. The van der Waals surface area contributed by atoms with Gasteiger partial charge in [0.15, 0.2) is 0 Å². The fourth-order valence-corrected chi connectivity index (χ4v) is 7.68. The Kier molecular flexibility index (Phi) is 4.35. The molecule has 0 heterocycles. The van der Waals surface area contributed by atoms with E-state index < -0.39 is 10.0 Å². The van der Waals surface area contributed by atoms with Crippen LogP contribution < -0.4 is 9.46 Å². The Labute approximate surface area is 151 Å². The van der Waals surface area contributed by atoms with E-state index in [1.54, 1.807) is 31.4 Å². The molecule has 1 N–H and O–H groups in total. The third-order valence-corrected chi connectivity index (χ3v) is 8.39. The Morgan fingerprint density at radius 3 is 2.04 bits per heavy atom. The Morgan fingerprint density at radius 2 is 1.60 bits per heavy atom. The van der Waals surface area contributed by atoms with Crippen molar-refractivity contribution in [3.8, 4) is 5.75 Å². The van der Waals surface area contributed by atoms with Crippen LogP contribution in [0.1, 0.15) is 51.9 Å². The standard InChI is InChI=1S/C20H29NO3S/c1-3-19(20-11-14-8-15(12-20)10-16(9-14)13-20)21-25(22,23)18-6-4-17(24-2)5-7-18/h4-7,14-16,19,21H,3,8-13H2,1-2H3/t14?,15?,16?,19-,20?/m1/s1. The molecule has 4 bridgehead atoms. The first-order chi connectivity index (χ1) is 11.9. The van der Waals surface area contributed by atoms with Crippen LogP contribution in [0.25, 0.3) is 0 Å². The molecule has 0 amide bonds. The first-order valence-corrected chi connectivity index (χ1v) is 11.1. The van der Waals surface area contributed by atoms with Gasteiger partial charge in [0.05, 0.1) is 12.0 Å². The topological polar surface area (TPSA) is 55.4 Å². The second-order valence-electron chi connectivity index (χ2n) is 8.54. The van der Waals surface area contributed by atoms with E-state index in [1.165, 1.54) is 38.5 Å². The van der Waals surface area contributed by atoms with E-state index in [0.717, 1.165) is 24.2 Å². The van der Waals surface area contributed by atoms with Crippen molar-refractivity contribution in [2.24, 2.45) is 23.2 Å². The summed E-state index contributed by atoms with van der Waals surface area (Å²) in [7, 11) is -1.91. The molecule has 0 aromatic heterocycles. The number of sulfonamides is 1.